The molecule has 5 nitrogen and oxygen atoms in total. The number of carboxylic acid groups (broad SMARTS) is 1. The topological polar surface area (TPSA) is 89.6 Å². The molecule has 0 heterocycles. The Balaban J connectivity index is 2.14. The lowest BCUT2D eigenvalue weighted by atomic mass is 10.0. The Morgan fingerprint density at radius 2 is 1.91 bits per heavy atom. The van der Waals surface area contributed by atoms with E-state index >= 15 is 0 Å². The molecule has 3 N–H and O–H groups in total. The van der Waals surface area contributed by atoms with Crippen LogP contribution in [0.25, 0.3) is 0 Å². The first-order valence-corrected chi connectivity index (χ1v) is 6.50. The highest BCUT2D eigenvalue weighted by Gasteiger charge is 2.16. The molecule has 2 rings (SSSR count). The third-order valence-electron chi connectivity index (χ3n) is 2.90. The number of aromatic carboxylic acids is 1. The van der Waals surface area contributed by atoms with E-state index in [1.165, 1.54) is 30.3 Å². The van der Waals surface area contributed by atoms with Crippen molar-refractivity contribution in [3.05, 3.63) is 58.4 Å². The van der Waals surface area contributed by atoms with Crippen LogP contribution in [0.5, 0.6) is 5.75 Å². The number of rotatable bonds is 5. The van der Waals surface area contributed by atoms with Gasteiger partial charge in [0.25, 0.3) is 0 Å². The first kappa shape index (κ1) is 15.8. The third-order valence-corrected chi connectivity index (χ3v) is 3.20. The van der Waals surface area contributed by atoms with Gasteiger partial charge in [-0.25, -0.2) is 9.18 Å². The van der Waals surface area contributed by atoms with Gasteiger partial charge in [-0.3, -0.25) is 4.79 Å². The fraction of sp³-hybridized carbons (Fsp3) is 0.0667. The summed E-state index contributed by atoms with van der Waals surface area (Å²) in [4.78, 5) is 23.0. The summed E-state index contributed by atoms with van der Waals surface area (Å²) in [6.07, 6.45) is 0. The monoisotopic (exact) mass is 323 g/mol. The van der Waals surface area contributed by atoms with E-state index in [9.17, 15) is 14.0 Å². The number of nitrogens with two attached hydrogens (primary N) is 1. The molecule has 0 radical (unpaired) electrons. The minimum Gasteiger partial charge on any atom is -0.485 e. The molecule has 0 aliphatic heterocycles. The van der Waals surface area contributed by atoms with Gasteiger partial charge < -0.3 is 15.6 Å². The van der Waals surface area contributed by atoms with Crippen molar-refractivity contribution in [3.63, 3.8) is 0 Å². The van der Waals surface area contributed by atoms with Gasteiger partial charge in [-0.05, 0) is 24.3 Å². The van der Waals surface area contributed by atoms with Crippen LogP contribution in [0.3, 0.4) is 0 Å². The molecule has 2 aromatic carbocycles. The van der Waals surface area contributed by atoms with Gasteiger partial charge >= 0.3 is 5.97 Å². The van der Waals surface area contributed by atoms with Crippen LogP contribution in [0.2, 0.25) is 5.02 Å². The second-order valence-electron chi connectivity index (χ2n) is 4.36. The molecule has 114 valence electrons. The van der Waals surface area contributed by atoms with Crippen LogP contribution in [-0.2, 0) is 0 Å². The Labute approximate surface area is 130 Å². The van der Waals surface area contributed by atoms with Crippen molar-refractivity contribution in [2.75, 3.05) is 12.3 Å². The van der Waals surface area contributed by atoms with Crippen LogP contribution in [0.1, 0.15) is 20.7 Å². The van der Waals surface area contributed by atoms with E-state index < -0.39 is 24.2 Å². The van der Waals surface area contributed by atoms with E-state index in [0.29, 0.717) is 0 Å². The largest absolute Gasteiger partial charge is 0.485 e. The van der Waals surface area contributed by atoms with Crippen LogP contribution in [0, 0.1) is 5.82 Å². The summed E-state index contributed by atoms with van der Waals surface area (Å²) in [6, 6.07) is 7.87. The number of carbonyl (C=O) groups excluding carboxylic acids is 1. The Bertz CT molecular complexity index is 748. The second-order valence-corrected chi connectivity index (χ2v) is 4.77. The van der Waals surface area contributed by atoms with Crippen LogP contribution in [0.4, 0.5) is 10.1 Å². The average molecular weight is 324 g/mol. The van der Waals surface area contributed by atoms with E-state index in [0.717, 1.165) is 6.07 Å². The first-order chi connectivity index (χ1) is 10.4. The molecular weight excluding hydrogens is 313 g/mol. The molecule has 0 spiro atoms. The van der Waals surface area contributed by atoms with Crippen molar-refractivity contribution >= 4 is 29.0 Å². The molecule has 0 amide bonds. The molecule has 0 atom stereocenters. The quantitative estimate of drug-likeness (QED) is 0.652. The van der Waals surface area contributed by atoms with Gasteiger partial charge in [-0.2, -0.15) is 0 Å². The number of anilines is 1. The molecule has 0 saturated heterocycles. The number of Topliss-reactive ketones (excluding diaryl/α,β-unsaturated/α-hetero) is 1. The highest BCUT2D eigenvalue weighted by atomic mass is 35.5. The third kappa shape index (κ3) is 3.35. The average Bonchev–Trinajstić information content (AvgIpc) is 2.48. The van der Waals surface area contributed by atoms with E-state index in [2.05, 4.69) is 0 Å². The minimum absolute atomic E-state index is 0.0364. The number of nitrogen functional groups attached to an aromatic ring is 1. The number of carboxylic acids is 1. The fourth-order valence-electron chi connectivity index (χ4n) is 1.79. The van der Waals surface area contributed by atoms with Gasteiger partial charge in [0.1, 0.15) is 11.6 Å². The molecule has 2 aromatic rings. The molecule has 0 aliphatic rings. The number of halogens is 2. The van der Waals surface area contributed by atoms with Gasteiger partial charge in [0.15, 0.2) is 6.61 Å². The number of carbonyl (C=O) groups is 2. The lowest BCUT2D eigenvalue weighted by Crippen LogP contribution is -2.15. The smallest absolute Gasteiger partial charge is 0.337 e. The van der Waals surface area contributed by atoms with Gasteiger partial charge in [-0.1, -0.05) is 17.7 Å². The fourth-order valence-corrected chi connectivity index (χ4v) is 1.91. The van der Waals surface area contributed by atoms with Crippen molar-refractivity contribution in [1.82, 2.24) is 0 Å². The van der Waals surface area contributed by atoms with Gasteiger partial charge in [0.2, 0.25) is 5.78 Å². The summed E-state index contributed by atoms with van der Waals surface area (Å²) < 4.78 is 18.4. The molecule has 0 bridgehead atoms. The zero-order valence-corrected chi connectivity index (χ0v) is 11.9. The van der Waals surface area contributed by atoms with Crippen LogP contribution in [0.15, 0.2) is 36.4 Å². The Hall–Kier alpha value is -2.60. The zero-order valence-electron chi connectivity index (χ0n) is 11.2. The first-order valence-electron chi connectivity index (χ1n) is 6.13. The number of benzene rings is 2. The molecule has 7 heteroatoms. The van der Waals surface area contributed by atoms with Gasteiger partial charge in [0, 0.05) is 11.6 Å². The number of hydrogen-bond donors (Lipinski definition) is 2. The maximum atomic E-state index is 13.3. The maximum Gasteiger partial charge on any atom is 0.337 e. The predicted molar refractivity (Wildman–Crippen MR) is 79.0 cm³/mol. The number of ether oxygens (including phenoxy) is 1. The molecule has 0 fully saturated rings. The Morgan fingerprint density at radius 3 is 2.55 bits per heavy atom. The predicted octanol–water partition coefficient (Wildman–Crippen LogP) is 3.02. The van der Waals surface area contributed by atoms with E-state index in [4.69, 9.17) is 27.2 Å². The summed E-state index contributed by atoms with van der Waals surface area (Å²) in [5.74, 6) is -2.29. The van der Waals surface area contributed by atoms with Crippen LogP contribution >= 0.6 is 11.6 Å². The molecular formula is C15H11ClFNO4. The van der Waals surface area contributed by atoms with Crippen LogP contribution in [-0.4, -0.2) is 23.5 Å². The van der Waals surface area contributed by atoms with Crippen molar-refractivity contribution in [1.29, 1.82) is 0 Å². The molecule has 0 aliphatic carbocycles. The standard InChI is InChI=1S/C15H11ClFNO4/c16-11-5-4-8(6-12(11)17)22-7-13(19)9-2-1-3-10(14(9)18)15(20)21/h1-6H,7,18H2,(H,20,21). The zero-order chi connectivity index (χ0) is 16.3. The Morgan fingerprint density at radius 1 is 1.23 bits per heavy atom. The summed E-state index contributed by atoms with van der Waals surface area (Å²) in [5.41, 5.74) is 5.40. The molecule has 0 aromatic heterocycles. The lowest BCUT2D eigenvalue weighted by molar-refractivity contribution is 0.0698. The van der Waals surface area contributed by atoms with Crippen molar-refractivity contribution in [3.8, 4) is 5.75 Å². The van der Waals surface area contributed by atoms with Crippen molar-refractivity contribution < 1.29 is 23.8 Å². The highest BCUT2D eigenvalue weighted by molar-refractivity contribution is 6.30. The van der Waals surface area contributed by atoms with Crippen molar-refractivity contribution in [2.24, 2.45) is 0 Å². The molecule has 22 heavy (non-hydrogen) atoms. The maximum absolute atomic E-state index is 13.3. The van der Waals surface area contributed by atoms with Gasteiger partial charge in [0.05, 0.1) is 16.3 Å². The minimum atomic E-state index is -1.23. The molecule has 0 saturated carbocycles. The molecule has 0 unspecified atom stereocenters. The SMILES string of the molecule is Nc1c(C(=O)O)cccc1C(=O)COc1ccc(Cl)c(F)c1. The van der Waals surface area contributed by atoms with E-state index in [-0.39, 0.29) is 27.6 Å². The summed E-state index contributed by atoms with van der Waals surface area (Å²) >= 11 is 5.54. The lowest BCUT2D eigenvalue weighted by Gasteiger charge is -2.09. The Kier molecular flexibility index (Phi) is 4.62. The van der Waals surface area contributed by atoms with Gasteiger partial charge in [-0.15, -0.1) is 0 Å². The van der Waals surface area contributed by atoms with Crippen molar-refractivity contribution in [2.45, 2.75) is 0 Å². The summed E-state index contributed by atoms with van der Waals surface area (Å²) in [5, 5.41) is 8.90. The number of hydrogen-bond acceptors (Lipinski definition) is 4. The number of ketones is 1. The normalized spacial score (nSPS) is 10.3. The van der Waals surface area contributed by atoms with Crippen LogP contribution < -0.4 is 10.5 Å². The summed E-state index contributed by atoms with van der Waals surface area (Å²) in [6.45, 7) is -0.408. The van der Waals surface area contributed by atoms with E-state index in [1.807, 2.05) is 0 Å². The van der Waals surface area contributed by atoms with E-state index in [1.54, 1.807) is 0 Å². The highest BCUT2D eigenvalue weighted by Crippen LogP contribution is 2.22. The second kappa shape index (κ2) is 6.44. The summed E-state index contributed by atoms with van der Waals surface area (Å²) in [7, 11) is 0. The number of para-hydroxylation sites is 1.